The Kier molecular flexibility index (Phi) is 4.48. The minimum Gasteiger partial charge on any atom is -0.496 e. The van der Waals surface area contributed by atoms with E-state index in [9.17, 15) is 0 Å². The van der Waals surface area contributed by atoms with Crippen LogP contribution >= 0.6 is 0 Å². The number of hydrogen-bond acceptors (Lipinski definition) is 3. The molecule has 1 fully saturated rings. The van der Waals surface area contributed by atoms with Crippen LogP contribution in [-0.2, 0) is 6.54 Å². The molecule has 1 aliphatic carbocycles. The molecule has 1 aromatic rings. The molecular weight excluding hydrogens is 236 g/mol. The van der Waals surface area contributed by atoms with E-state index in [1.807, 2.05) is 0 Å². The van der Waals surface area contributed by atoms with E-state index in [0.29, 0.717) is 12.1 Å². The van der Waals surface area contributed by atoms with E-state index in [0.717, 1.165) is 18.7 Å². The molecule has 1 aliphatic rings. The molecule has 1 saturated carbocycles. The van der Waals surface area contributed by atoms with Crippen LogP contribution in [0.1, 0.15) is 36.0 Å². The van der Waals surface area contributed by atoms with E-state index in [4.69, 9.17) is 10.5 Å². The number of nitrogens with two attached hydrogens (primary N) is 1. The number of hydrogen-bond donors (Lipinski definition) is 1. The highest BCUT2D eigenvalue weighted by atomic mass is 16.5. The van der Waals surface area contributed by atoms with E-state index in [-0.39, 0.29) is 0 Å². The average Bonchev–Trinajstić information content (AvgIpc) is 2.75. The van der Waals surface area contributed by atoms with Gasteiger partial charge in [0, 0.05) is 24.2 Å². The van der Waals surface area contributed by atoms with Crippen molar-refractivity contribution in [3.8, 4) is 5.75 Å². The van der Waals surface area contributed by atoms with Gasteiger partial charge >= 0.3 is 0 Å². The molecule has 0 spiro atoms. The lowest BCUT2D eigenvalue weighted by Gasteiger charge is -2.28. The maximum absolute atomic E-state index is 6.19. The van der Waals surface area contributed by atoms with Crippen molar-refractivity contribution < 1.29 is 4.74 Å². The SMILES string of the molecule is COc1c(C)cc(C)cc1CN(C)C1CCCC1N. The van der Waals surface area contributed by atoms with Crippen LogP contribution in [0, 0.1) is 13.8 Å². The molecule has 19 heavy (non-hydrogen) atoms. The predicted molar refractivity (Wildman–Crippen MR) is 79.5 cm³/mol. The van der Waals surface area contributed by atoms with E-state index in [1.165, 1.54) is 29.5 Å². The summed E-state index contributed by atoms with van der Waals surface area (Å²) in [6, 6.07) is 5.22. The summed E-state index contributed by atoms with van der Waals surface area (Å²) in [4.78, 5) is 2.38. The molecule has 2 atom stereocenters. The number of methoxy groups -OCH3 is 1. The van der Waals surface area contributed by atoms with Crippen molar-refractivity contribution in [2.24, 2.45) is 5.73 Å². The zero-order valence-corrected chi connectivity index (χ0v) is 12.6. The molecule has 0 amide bonds. The third kappa shape index (κ3) is 3.10. The number of rotatable bonds is 4. The summed E-state index contributed by atoms with van der Waals surface area (Å²) in [5.41, 5.74) is 9.96. The van der Waals surface area contributed by atoms with Crippen LogP contribution in [0.15, 0.2) is 12.1 Å². The molecule has 3 heteroatoms. The predicted octanol–water partition coefficient (Wildman–Crippen LogP) is 2.62. The van der Waals surface area contributed by atoms with Crippen molar-refractivity contribution in [2.45, 2.75) is 51.7 Å². The molecule has 106 valence electrons. The molecule has 1 aromatic carbocycles. The average molecular weight is 262 g/mol. The monoisotopic (exact) mass is 262 g/mol. The van der Waals surface area contributed by atoms with E-state index in [2.05, 4.69) is 37.9 Å². The zero-order chi connectivity index (χ0) is 14.0. The van der Waals surface area contributed by atoms with Crippen LogP contribution in [0.5, 0.6) is 5.75 Å². The Morgan fingerprint density at radius 1 is 1.32 bits per heavy atom. The molecule has 0 heterocycles. The third-order valence-electron chi connectivity index (χ3n) is 4.22. The maximum atomic E-state index is 6.19. The summed E-state index contributed by atoms with van der Waals surface area (Å²) in [6.45, 7) is 5.15. The molecule has 0 aromatic heterocycles. The third-order valence-corrected chi connectivity index (χ3v) is 4.22. The van der Waals surface area contributed by atoms with Gasteiger partial charge < -0.3 is 10.5 Å². The van der Waals surface area contributed by atoms with Crippen LogP contribution < -0.4 is 10.5 Å². The van der Waals surface area contributed by atoms with E-state index < -0.39 is 0 Å². The molecule has 0 saturated heterocycles. The fourth-order valence-electron chi connectivity index (χ4n) is 3.35. The quantitative estimate of drug-likeness (QED) is 0.906. The Morgan fingerprint density at radius 2 is 2.05 bits per heavy atom. The first-order chi connectivity index (χ1) is 9.02. The van der Waals surface area contributed by atoms with E-state index in [1.54, 1.807) is 7.11 Å². The van der Waals surface area contributed by atoms with Crippen LogP contribution in [0.4, 0.5) is 0 Å². The van der Waals surface area contributed by atoms with Gasteiger partial charge in [0.25, 0.3) is 0 Å². The van der Waals surface area contributed by atoms with Crippen LogP contribution in [0.3, 0.4) is 0 Å². The molecule has 2 unspecified atom stereocenters. The molecule has 0 aliphatic heterocycles. The van der Waals surface area contributed by atoms with Gasteiger partial charge in [-0.1, -0.05) is 24.1 Å². The largest absolute Gasteiger partial charge is 0.496 e. The summed E-state index contributed by atoms with van der Waals surface area (Å²) in [6.07, 6.45) is 3.62. The summed E-state index contributed by atoms with van der Waals surface area (Å²) in [7, 11) is 3.93. The van der Waals surface area contributed by atoms with Crippen LogP contribution in [0.2, 0.25) is 0 Å². The van der Waals surface area contributed by atoms with Gasteiger partial charge in [0.1, 0.15) is 5.75 Å². The Bertz CT molecular complexity index is 445. The van der Waals surface area contributed by atoms with Gasteiger partial charge in [-0.05, 0) is 39.3 Å². The van der Waals surface area contributed by atoms with E-state index >= 15 is 0 Å². The van der Waals surface area contributed by atoms with Gasteiger partial charge in [0.15, 0.2) is 0 Å². The lowest BCUT2D eigenvalue weighted by Crippen LogP contribution is -2.41. The first-order valence-electron chi connectivity index (χ1n) is 7.13. The smallest absolute Gasteiger partial charge is 0.126 e. The fourth-order valence-corrected chi connectivity index (χ4v) is 3.35. The molecule has 3 nitrogen and oxygen atoms in total. The number of benzene rings is 1. The maximum Gasteiger partial charge on any atom is 0.126 e. The minimum absolute atomic E-state index is 0.321. The highest BCUT2D eigenvalue weighted by Gasteiger charge is 2.27. The second-order valence-electron chi connectivity index (χ2n) is 5.85. The Labute approximate surface area is 116 Å². The molecule has 0 bridgehead atoms. The lowest BCUT2D eigenvalue weighted by atomic mass is 10.0. The summed E-state index contributed by atoms with van der Waals surface area (Å²) >= 11 is 0. The number of likely N-dealkylation sites (N-methyl/N-ethyl adjacent to an activating group) is 1. The summed E-state index contributed by atoms with van der Waals surface area (Å²) in [5, 5.41) is 0. The molecule has 2 N–H and O–H groups in total. The Morgan fingerprint density at radius 3 is 2.63 bits per heavy atom. The minimum atomic E-state index is 0.321. The van der Waals surface area contributed by atoms with Gasteiger partial charge in [0.2, 0.25) is 0 Å². The zero-order valence-electron chi connectivity index (χ0n) is 12.6. The van der Waals surface area contributed by atoms with Crippen molar-refractivity contribution >= 4 is 0 Å². The van der Waals surface area contributed by atoms with Crippen LogP contribution in [-0.4, -0.2) is 31.1 Å². The highest BCUT2D eigenvalue weighted by Crippen LogP contribution is 2.29. The van der Waals surface area contributed by atoms with Gasteiger partial charge in [0.05, 0.1) is 7.11 Å². The molecule has 0 radical (unpaired) electrons. The molecular formula is C16H26N2O. The van der Waals surface area contributed by atoms with Crippen molar-refractivity contribution in [3.63, 3.8) is 0 Å². The topological polar surface area (TPSA) is 38.5 Å². The first kappa shape index (κ1) is 14.4. The van der Waals surface area contributed by atoms with Gasteiger partial charge in [-0.2, -0.15) is 0 Å². The Hall–Kier alpha value is -1.06. The fraction of sp³-hybridized carbons (Fsp3) is 0.625. The van der Waals surface area contributed by atoms with Gasteiger partial charge in [-0.25, -0.2) is 0 Å². The van der Waals surface area contributed by atoms with Crippen molar-refractivity contribution in [3.05, 3.63) is 28.8 Å². The van der Waals surface area contributed by atoms with Crippen LogP contribution in [0.25, 0.3) is 0 Å². The normalized spacial score (nSPS) is 23.1. The Balaban J connectivity index is 2.18. The lowest BCUT2D eigenvalue weighted by molar-refractivity contribution is 0.217. The standard InChI is InChI=1S/C16H26N2O/c1-11-8-12(2)16(19-4)13(9-11)10-18(3)15-7-5-6-14(15)17/h8-9,14-15H,5-7,10,17H2,1-4H3. The van der Waals surface area contributed by atoms with Crippen molar-refractivity contribution in [1.29, 1.82) is 0 Å². The van der Waals surface area contributed by atoms with Gasteiger partial charge in [-0.15, -0.1) is 0 Å². The van der Waals surface area contributed by atoms with Gasteiger partial charge in [-0.3, -0.25) is 4.90 Å². The highest BCUT2D eigenvalue weighted by molar-refractivity contribution is 5.43. The summed E-state index contributed by atoms with van der Waals surface area (Å²) < 4.78 is 5.56. The van der Waals surface area contributed by atoms with Crippen molar-refractivity contribution in [1.82, 2.24) is 4.90 Å². The second-order valence-corrected chi connectivity index (χ2v) is 5.85. The van der Waals surface area contributed by atoms with Crippen molar-refractivity contribution in [2.75, 3.05) is 14.2 Å². The summed E-state index contributed by atoms with van der Waals surface area (Å²) in [5.74, 6) is 1.02. The number of nitrogens with zero attached hydrogens (tertiary/aromatic N) is 1. The number of aryl methyl sites for hydroxylation is 2. The first-order valence-corrected chi connectivity index (χ1v) is 7.13. The number of ether oxygens (including phenoxy) is 1. The second kappa shape index (κ2) is 5.93. The molecule has 2 rings (SSSR count).